The van der Waals surface area contributed by atoms with E-state index in [1.54, 1.807) is 0 Å². The van der Waals surface area contributed by atoms with E-state index in [0.29, 0.717) is 12.3 Å². The molecule has 94 valence electrons. The summed E-state index contributed by atoms with van der Waals surface area (Å²) in [6.45, 7) is 3.22. The summed E-state index contributed by atoms with van der Waals surface area (Å²) in [5, 5.41) is 4.09. The molecule has 0 aromatic heterocycles. The quantitative estimate of drug-likeness (QED) is 0.589. The van der Waals surface area contributed by atoms with Crippen molar-refractivity contribution in [1.29, 1.82) is 0 Å². The number of amides is 1. The number of rotatable bonds is 6. The molecule has 16 heavy (non-hydrogen) atoms. The number of hydrogen-bond acceptors (Lipinski definition) is 1. The van der Waals surface area contributed by atoms with Gasteiger partial charge in [0.05, 0.1) is 0 Å². The highest BCUT2D eigenvalue weighted by atomic mass is 79.9. The van der Waals surface area contributed by atoms with E-state index in [2.05, 4.69) is 28.2 Å². The van der Waals surface area contributed by atoms with Crippen molar-refractivity contribution in [2.45, 2.75) is 51.9 Å². The van der Waals surface area contributed by atoms with E-state index >= 15 is 0 Å². The van der Waals surface area contributed by atoms with Crippen LogP contribution in [-0.2, 0) is 4.79 Å². The van der Waals surface area contributed by atoms with Crippen LogP contribution in [0.15, 0.2) is 0 Å². The topological polar surface area (TPSA) is 29.1 Å². The fraction of sp³-hybridized carbons (Fsp3) is 0.923. The lowest BCUT2D eigenvalue weighted by molar-refractivity contribution is -0.121. The Kier molecular flexibility index (Phi) is 7.10. The largest absolute Gasteiger partial charge is 0.356 e. The van der Waals surface area contributed by atoms with Gasteiger partial charge in [-0.15, -0.1) is 0 Å². The number of unbranched alkanes of at least 4 members (excludes halogenated alkanes) is 1. The van der Waals surface area contributed by atoms with Crippen molar-refractivity contribution in [3.05, 3.63) is 0 Å². The van der Waals surface area contributed by atoms with Crippen molar-refractivity contribution >= 4 is 21.8 Å². The summed E-state index contributed by atoms with van der Waals surface area (Å²) in [5.41, 5.74) is 0. The number of hydrogen-bond donors (Lipinski definition) is 1. The normalized spacial score (nSPS) is 25.4. The Morgan fingerprint density at radius 3 is 2.75 bits per heavy atom. The van der Waals surface area contributed by atoms with E-state index in [0.717, 1.165) is 30.6 Å². The fourth-order valence-electron chi connectivity index (χ4n) is 2.41. The van der Waals surface area contributed by atoms with Crippen LogP contribution in [0.4, 0.5) is 0 Å². The monoisotopic (exact) mass is 289 g/mol. The van der Waals surface area contributed by atoms with Gasteiger partial charge in [0.2, 0.25) is 5.91 Å². The van der Waals surface area contributed by atoms with Crippen LogP contribution in [0, 0.1) is 11.8 Å². The van der Waals surface area contributed by atoms with Crippen LogP contribution in [0.3, 0.4) is 0 Å². The van der Waals surface area contributed by atoms with E-state index in [1.807, 2.05) is 0 Å². The average molecular weight is 290 g/mol. The van der Waals surface area contributed by atoms with Crippen LogP contribution >= 0.6 is 15.9 Å². The van der Waals surface area contributed by atoms with Gasteiger partial charge in [0.1, 0.15) is 0 Å². The summed E-state index contributed by atoms with van der Waals surface area (Å²) < 4.78 is 0. The average Bonchev–Trinajstić information content (AvgIpc) is 2.28. The molecule has 0 aromatic carbocycles. The Bertz CT molecular complexity index is 208. The van der Waals surface area contributed by atoms with Crippen LogP contribution in [-0.4, -0.2) is 17.8 Å². The van der Waals surface area contributed by atoms with Crippen molar-refractivity contribution in [2.24, 2.45) is 11.8 Å². The molecule has 1 N–H and O–H groups in total. The van der Waals surface area contributed by atoms with Gasteiger partial charge in [0, 0.05) is 18.3 Å². The molecular formula is C13H24BrNO. The van der Waals surface area contributed by atoms with Crippen molar-refractivity contribution in [1.82, 2.24) is 5.32 Å². The molecule has 2 nitrogen and oxygen atoms in total. The molecule has 0 aromatic rings. The highest BCUT2D eigenvalue weighted by Gasteiger charge is 2.21. The van der Waals surface area contributed by atoms with Gasteiger partial charge >= 0.3 is 0 Å². The molecule has 1 aliphatic carbocycles. The number of carbonyl (C=O) groups excluding carboxylic acids is 1. The molecule has 1 saturated carbocycles. The van der Waals surface area contributed by atoms with E-state index in [4.69, 9.17) is 0 Å². The predicted molar refractivity (Wildman–Crippen MR) is 71.8 cm³/mol. The van der Waals surface area contributed by atoms with Crippen molar-refractivity contribution in [3.8, 4) is 0 Å². The summed E-state index contributed by atoms with van der Waals surface area (Å²) >= 11 is 3.38. The second-order valence-corrected chi connectivity index (χ2v) is 5.76. The summed E-state index contributed by atoms with van der Waals surface area (Å²) in [6, 6.07) is 0. The third-order valence-corrected chi connectivity index (χ3v) is 4.20. The van der Waals surface area contributed by atoms with Crippen LogP contribution in [0.2, 0.25) is 0 Å². The zero-order valence-corrected chi connectivity index (χ0v) is 11.9. The highest BCUT2D eigenvalue weighted by molar-refractivity contribution is 9.09. The molecule has 1 rings (SSSR count). The fourth-order valence-corrected chi connectivity index (χ4v) is 2.81. The van der Waals surface area contributed by atoms with Gasteiger partial charge in [-0.05, 0) is 31.1 Å². The predicted octanol–water partition coefficient (Wildman–Crippen LogP) is 3.49. The Balaban J connectivity index is 2.10. The van der Waals surface area contributed by atoms with E-state index in [9.17, 15) is 4.79 Å². The second kappa shape index (κ2) is 8.10. The molecule has 1 amide bonds. The van der Waals surface area contributed by atoms with Crippen LogP contribution < -0.4 is 5.32 Å². The van der Waals surface area contributed by atoms with Crippen molar-refractivity contribution in [2.75, 3.05) is 11.9 Å². The van der Waals surface area contributed by atoms with Gasteiger partial charge in [-0.3, -0.25) is 4.79 Å². The molecule has 0 aliphatic heterocycles. The Morgan fingerprint density at radius 1 is 1.31 bits per heavy atom. The summed E-state index contributed by atoms with van der Waals surface area (Å²) in [7, 11) is 0. The minimum atomic E-state index is 0.235. The van der Waals surface area contributed by atoms with Crippen LogP contribution in [0.5, 0.6) is 0 Å². The van der Waals surface area contributed by atoms with Gasteiger partial charge in [-0.1, -0.05) is 42.1 Å². The maximum atomic E-state index is 11.5. The maximum Gasteiger partial charge on any atom is 0.220 e. The first-order valence-corrected chi connectivity index (χ1v) is 7.69. The molecule has 0 spiro atoms. The second-order valence-electron chi connectivity index (χ2n) is 4.97. The molecule has 0 bridgehead atoms. The van der Waals surface area contributed by atoms with Gasteiger partial charge in [-0.25, -0.2) is 0 Å². The first-order chi connectivity index (χ1) is 7.74. The number of alkyl halides is 1. The van der Waals surface area contributed by atoms with Gasteiger partial charge in [0.15, 0.2) is 0 Å². The van der Waals surface area contributed by atoms with E-state index in [-0.39, 0.29) is 5.91 Å². The van der Waals surface area contributed by atoms with Crippen LogP contribution in [0.1, 0.15) is 51.9 Å². The van der Waals surface area contributed by atoms with Gasteiger partial charge in [-0.2, -0.15) is 0 Å². The summed E-state index contributed by atoms with van der Waals surface area (Å²) in [5.74, 6) is 1.74. The van der Waals surface area contributed by atoms with Gasteiger partial charge in [0.25, 0.3) is 0 Å². The third-order valence-electron chi connectivity index (χ3n) is 3.64. The molecule has 1 fully saturated rings. The van der Waals surface area contributed by atoms with Crippen LogP contribution in [0.25, 0.3) is 0 Å². The maximum absolute atomic E-state index is 11.5. The molecule has 0 heterocycles. The first kappa shape index (κ1) is 14.0. The molecule has 2 atom stereocenters. The minimum Gasteiger partial charge on any atom is -0.356 e. The van der Waals surface area contributed by atoms with E-state index in [1.165, 1.54) is 25.7 Å². The highest BCUT2D eigenvalue weighted by Crippen LogP contribution is 2.28. The van der Waals surface area contributed by atoms with Crippen molar-refractivity contribution in [3.63, 3.8) is 0 Å². The lowest BCUT2D eigenvalue weighted by Gasteiger charge is -2.28. The summed E-state index contributed by atoms with van der Waals surface area (Å²) in [6.07, 6.45) is 8.12. The molecule has 1 aliphatic rings. The molecule has 3 heteroatoms. The number of carbonyl (C=O) groups is 1. The molecule has 0 radical (unpaired) electrons. The third kappa shape index (κ3) is 5.33. The van der Waals surface area contributed by atoms with Gasteiger partial charge < -0.3 is 5.32 Å². The number of nitrogens with one attached hydrogen (secondary N) is 1. The summed E-state index contributed by atoms with van der Waals surface area (Å²) in [4.78, 5) is 11.5. The Hall–Kier alpha value is -0.0500. The minimum absolute atomic E-state index is 0.235. The lowest BCUT2D eigenvalue weighted by Crippen LogP contribution is -2.33. The van der Waals surface area contributed by atoms with Crippen molar-refractivity contribution < 1.29 is 4.79 Å². The first-order valence-electron chi connectivity index (χ1n) is 6.56. The smallest absolute Gasteiger partial charge is 0.220 e. The zero-order chi connectivity index (χ0) is 11.8. The van der Waals surface area contributed by atoms with E-state index < -0.39 is 0 Å². The molecular weight excluding hydrogens is 266 g/mol. The SMILES string of the molecule is CC1CCCCC1CNC(=O)CCCCBr. The lowest BCUT2D eigenvalue weighted by atomic mass is 9.80. The zero-order valence-electron chi connectivity index (χ0n) is 10.3. The number of halogens is 1. The molecule has 2 unspecified atom stereocenters. The Labute approximate surface area is 108 Å². The molecule has 0 saturated heterocycles. The standard InChI is InChI=1S/C13H24BrNO/c1-11-6-2-3-7-12(11)10-15-13(16)8-4-5-9-14/h11-12H,2-10H2,1H3,(H,15,16). The Morgan fingerprint density at radius 2 is 2.06 bits per heavy atom.